The molecule has 2 aromatic rings. The van der Waals surface area contributed by atoms with Crippen molar-refractivity contribution < 1.29 is 14.6 Å². The Balaban J connectivity index is 2.44. The fourth-order valence-electron chi connectivity index (χ4n) is 2.10. The fourth-order valence-corrected chi connectivity index (χ4v) is 2.91. The Hall–Kier alpha value is -1.94. The zero-order valence-electron chi connectivity index (χ0n) is 12.1. The lowest BCUT2D eigenvalue weighted by Crippen LogP contribution is -2.03. The first kappa shape index (κ1) is 15.4. The van der Waals surface area contributed by atoms with Gasteiger partial charge in [-0.25, -0.2) is 4.79 Å². The van der Waals surface area contributed by atoms with E-state index in [1.54, 1.807) is 6.07 Å². The zero-order valence-corrected chi connectivity index (χ0v) is 12.9. The Labute approximate surface area is 129 Å². The van der Waals surface area contributed by atoms with Crippen LogP contribution in [0.3, 0.4) is 0 Å². The minimum Gasteiger partial charge on any atom is -0.478 e. The van der Waals surface area contributed by atoms with E-state index in [1.807, 2.05) is 50.2 Å². The minimum atomic E-state index is -0.962. The highest BCUT2D eigenvalue weighted by atomic mass is 32.2. The van der Waals surface area contributed by atoms with Gasteiger partial charge in [0.05, 0.1) is 0 Å². The summed E-state index contributed by atoms with van der Waals surface area (Å²) >= 11 is 1.50. The van der Waals surface area contributed by atoms with Crippen LogP contribution < -0.4 is 4.74 Å². The van der Waals surface area contributed by atoms with Crippen molar-refractivity contribution in [3.05, 3.63) is 53.6 Å². The van der Waals surface area contributed by atoms with E-state index >= 15 is 0 Å². The summed E-state index contributed by atoms with van der Waals surface area (Å²) in [7, 11) is 0. The molecule has 3 nitrogen and oxygen atoms in total. The van der Waals surface area contributed by atoms with Gasteiger partial charge >= 0.3 is 5.97 Å². The molecule has 4 heteroatoms. The van der Waals surface area contributed by atoms with Gasteiger partial charge < -0.3 is 9.84 Å². The first-order valence-corrected chi connectivity index (χ1v) is 7.90. The molecule has 0 fully saturated rings. The van der Waals surface area contributed by atoms with E-state index in [9.17, 15) is 9.90 Å². The lowest BCUT2D eigenvalue weighted by molar-refractivity contribution is 0.0690. The largest absolute Gasteiger partial charge is 0.478 e. The van der Waals surface area contributed by atoms with E-state index in [1.165, 1.54) is 11.8 Å². The minimum absolute atomic E-state index is 0.232. The molecule has 0 bridgehead atoms. The Bertz CT molecular complexity index is 638. The van der Waals surface area contributed by atoms with E-state index in [2.05, 4.69) is 0 Å². The quantitative estimate of drug-likeness (QED) is 0.775. The van der Waals surface area contributed by atoms with Gasteiger partial charge in [0, 0.05) is 4.90 Å². The summed E-state index contributed by atoms with van der Waals surface area (Å²) in [5.41, 5.74) is 1.29. The van der Waals surface area contributed by atoms with Gasteiger partial charge in [0.2, 0.25) is 0 Å². The molecule has 0 aliphatic carbocycles. The summed E-state index contributed by atoms with van der Waals surface area (Å²) in [4.78, 5) is 12.3. The van der Waals surface area contributed by atoms with Gasteiger partial charge in [-0.3, -0.25) is 0 Å². The summed E-state index contributed by atoms with van der Waals surface area (Å²) in [6.07, 6.45) is 0.835. The number of hydrogen-bond donors (Lipinski definition) is 1. The SMILES string of the molecule is CCSc1cccc(Oc2ccccc2CC)c1C(=O)O. The number of carboxylic acids is 1. The molecule has 0 saturated heterocycles. The average molecular weight is 302 g/mol. The third-order valence-corrected chi connectivity index (χ3v) is 4.02. The van der Waals surface area contributed by atoms with Crippen molar-refractivity contribution in [1.29, 1.82) is 0 Å². The van der Waals surface area contributed by atoms with Crippen LogP contribution in [0.1, 0.15) is 29.8 Å². The van der Waals surface area contributed by atoms with Gasteiger partial charge in [-0.15, -0.1) is 11.8 Å². The van der Waals surface area contributed by atoms with Crippen LogP contribution in [0.15, 0.2) is 47.4 Å². The molecule has 0 saturated carbocycles. The topological polar surface area (TPSA) is 46.5 Å². The van der Waals surface area contributed by atoms with Crippen LogP contribution in [0.4, 0.5) is 0 Å². The van der Waals surface area contributed by atoms with Gasteiger partial charge in [0.1, 0.15) is 17.1 Å². The van der Waals surface area contributed by atoms with Crippen molar-refractivity contribution in [3.63, 3.8) is 0 Å². The molecule has 0 aliphatic heterocycles. The van der Waals surface area contributed by atoms with Crippen molar-refractivity contribution in [2.75, 3.05) is 5.75 Å². The Morgan fingerprint density at radius 1 is 1.10 bits per heavy atom. The maximum Gasteiger partial charge on any atom is 0.340 e. The summed E-state index contributed by atoms with van der Waals surface area (Å²) in [5, 5.41) is 9.48. The maximum atomic E-state index is 11.6. The second kappa shape index (κ2) is 7.18. The number of aromatic carboxylic acids is 1. The number of hydrogen-bond acceptors (Lipinski definition) is 3. The van der Waals surface area contributed by atoms with Crippen LogP contribution in [0.2, 0.25) is 0 Å². The molecule has 21 heavy (non-hydrogen) atoms. The molecule has 0 spiro atoms. The van der Waals surface area contributed by atoms with Crippen molar-refractivity contribution in [3.8, 4) is 11.5 Å². The van der Waals surface area contributed by atoms with Crippen LogP contribution in [0.25, 0.3) is 0 Å². The molecule has 2 rings (SSSR count). The molecule has 0 amide bonds. The third kappa shape index (κ3) is 3.58. The highest BCUT2D eigenvalue weighted by molar-refractivity contribution is 7.99. The predicted molar refractivity (Wildman–Crippen MR) is 85.7 cm³/mol. The van der Waals surface area contributed by atoms with Crippen LogP contribution in [0, 0.1) is 0 Å². The first-order chi connectivity index (χ1) is 10.2. The van der Waals surface area contributed by atoms with Gasteiger partial charge in [0.25, 0.3) is 0 Å². The second-order valence-electron chi connectivity index (χ2n) is 4.43. The van der Waals surface area contributed by atoms with Crippen LogP contribution >= 0.6 is 11.8 Å². The standard InChI is InChI=1S/C17H18O3S/c1-3-12-8-5-6-9-13(12)20-14-10-7-11-15(21-4-2)16(14)17(18)19/h5-11H,3-4H2,1-2H3,(H,18,19). The van der Waals surface area contributed by atoms with E-state index < -0.39 is 5.97 Å². The third-order valence-electron chi connectivity index (χ3n) is 3.08. The zero-order chi connectivity index (χ0) is 15.2. The number of para-hydroxylation sites is 1. The number of ether oxygens (including phenoxy) is 1. The molecule has 1 N–H and O–H groups in total. The van der Waals surface area contributed by atoms with Crippen LogP contribution in [-0.2, 0) is 6.42 Å². The molecular formula is C17H18O3S. The lowest BCUT2D eigenvalue weighted by atomic mass is 10.1. The van der Waals surface area contributed by atoms with Gasteiger partial charge in [-0.2, -0.15) is 0 Å². The van der Waals surface area contributed by atoms with E-state index in [4.69, 9.17) is 4.74 Å². The molecule has 0 aromatic heterocycles. The Morgan fingerprint density at radius 2 is 1.81 bits per heavy atom. The summed E-state index contributed by atoms with van der Waals surface area (Å²) in [6.45, 7) is 4.04. The number of thioether (sulfide) groups is 1. The number of benzene rings is 2. The Morgan fingerprint density at radius 3 is 2.48 bits per heavy atom. The molecule has 2 aromatic carbocycles. The highest BCUT2D eigenvalue weighted by Crippen LogP contribution is 2.34. The Kier molecular flexibility index (Phi) is 5.28. The summed E-state index contributed by atoms with van der Waals surface area (Å²) < 4.78 is 5.89. The smallest absolute Gasteiger partial charge is 0.340 e. The molecule has 0 aliphatic rings. The molecule has 0 atom stereocenters. The molecule has 0 heterocycles. The number of carbonyl (C=O) groups is 1. The van der Waals surface area contributed by atoms with Crippen LogP contribution in [0.5, 0.6) is 11.5 Å². The number of aryl methyl sites for hydroxylation is 1. The number of rotatable bonds is 6. The van der Waals surface area contributed by atoms with E-state index in [-0.39, 0.29) is 5.56 Å². The fraction of sp³-hybridized carbons (Fsp3) is 0.235. The van der Waals surface area contributed by atoms with Crippen molar-refractivity contribution >= 4 is 17.7 Å². The van der Waals surface area contributed by atoms with Crippen molar-refractivity contribution in [2.24, 2.45) is 0 Å². The summed E-state index contributed by atoms with van der Waals surface area (Å²) in [6, 6.07) is 13.0. The number of carboxylic acid groups (broad SMARTS) is 1. The van der Waals surface area contributed by atoms with E-state index in [0.717, 1.165) is 22.6 Å². The van der Waals surface area contributed by atoms with Crippen LogP contribution in [-0.4, -0.2) is 16.8 Å². The van der Waals surface area contributed by atoms with Gasteiger partial charge in [-0.05, 0) is 35.9 Å². The van der Waals surface area contributed by atoms with Gasteiger partial charge in [0.15, 0.2) is 0 Å². The molecule has 0 unspecified atom stereocenters. The maximum absolute atomic E-state index is 11.6. The summed E-state index contributed by atoms with van der Waals surface area (Å²) in [5.74, 6) is 0.952. The molecule has 0 radical (unpaired) electrons. The first-order valence-electron chi connectivity index (χ1n) is 6.92. The van der Waals surface area contributed by atoms with E-state index in [0.29, 0.717) is 11.5 Å². The molecule has 110 valence electrons. The highest BCUT2D eigenvalue weighted by Gasteiger charge is 2.18. The normalized spacial score (nSPS) is 10.4. The van der Waals surface area contributed by atoms with Gasteiger partial charge in [-0.1, -0.05) is 38.1 Å². The molecular weight excluding hydrogens is 284 g/mol. The monoisotopic (exact) mass is 302 g/mol. The lowest BCUT2D eigenvalue weighted by Gasteiger charge is -2.14. The second-order valence-corrected chi connectivity index (χ2v) is 5.74. The average Bonchev–Trinajstić information content (AvgIpc) is 2.48. The predicted octanol–water partition coefficient (Wildman–Crippen LogP) is 4.85. The van der Waals surface area contributed by atoms with Crippen molar-refractivity contribution in [2.45, 2.75) is 25.2 Å². The van der Waals surface area contributed by atoms with Crippen molar-refractivity contribution in [1.82, 2.24) is 0 Å².